The van der Waals surface area contributed by atoms with Gasteiger partial charge in [-0.05, 0) is 86.1 Å². The first-order valence-electron chi connectivity index (χ1n) is 10.1. The summed E-state index contributed by atoms with van der Waals surface area (Å²) in [4.78, 5) is 2.71. The Balaban J connectivity index is 1.19. The molecule has 0 N–H and O–H groups in total. The lowest BCUT2D eigenvalue weighted by molar-refractivity contribution is 0.286. The van der Waals surface area contributed by atoms with Crippen molar-refractivity contribution >= 4 is 11.6 Å². The van der Waals surface area contributed by atoms with Crippen LogP contribution in [0.5, 0.6) is 0 Å². The molecular formula is C22H25ClFN3. The Bertz CT molecular complexity index is 807. The molecule has 5 rings (SSSR count). The molecule has 0 spiro atoms. The maximum absolute atomic E-state index is 13.5. The first-order chi connectivity index (χ1) is 13.1. The van der Waals surface area contributed by atoms with Gasteiger partial charge in [0.05, 0.1) is 16.4 Å². The molecule has 0 radical (unpaired) electrons. The predicted molar refractivity (Wildman–Crippen MR) is 105 cm³/mol. The third kappa shape index (κ3) is 3.88. The van der Waals surface area contributed by atoms with Gasteiger partial charge in [0.25, 0.3) is 0 Å². The third-order valence-electron chi connectivity index (χ3n) is 6.56. The Kier molecular flexibility index (Phi) is 4.65. The molecular weight excluding hydrogens is 361 g/mol. The molecule has 2 saturated carbocycles. The molecule has 3 fully saturated rings. The smallest absolute Gasteiger partial charge is 0.123 e. The highest BCUT2D eigenvalue weighted by Crippen LogP contribution is 2.44. The van der Waals surface area contributed by atoms with Gasteiger partial charge in [0.15, 0.2) is 0 Å². The lowest BCUT2D eigenvalue weighted by Gasteiger charge is -2.18. The SMILES string of the molecule is Fc1ccc(Cl)c(-c2ccc(CC3C[C@@H]4CN(CC5CC5)C[C@@H]4C3)nn2)c1. The van der Waals surface area contributed by atoms with E-state index in [-0.39, 0.29) is 5.82 Å². The van der Waals surface area contributed by atoms with Gasteiger partial charge in [-0.25, -0.2) is 4.39 Å². The van der Waals surface area contributed by atoms with E-state index in [0.717, 1.165) is 35.8 Å². The van der Waals surface area contributed by atoms with Crippen molar-refractivity contribution in [2.24, 2.45) is 23.7 Å². The fourth-order valence-corrected chi connectivity index (χ4v) is 5.32. The van der Waals surface area contributed by atoms with Crippen LogP contribution in [0.2, 0.25) is 5.02 Å². The molecule has 1 unspecified atom stereocenters. The highest BCUT2D eigenvalue weighted by atomic mass is 35.5. The van der Waals surface area contributed by atoms with E-state index in [4.69, 9.17) is 11.6 Å². The zero-order valence-electron chi connectivity index (χ0n) is 15.5. The molecule has 1 aromatic heterocycles. The summed E-state index contributed by atoms with van der Waals surface area (Å²) in [6.07, 6.45) is 6.55. The van der Waals surface area contributed by atoms with Gasteiger partial charge in [-0.1, -0.05) is 11.6 Å². The van der Waals surface area contributed by atoms with Crippen molar-refractivity contribution in [1.29, 1.82) is 0 Å². The minimum Gasteiger partial charge on any atom is -0.302 e. The van der Waals surface area contributed by atoms with Crippen molar-refractivity contribution in [1.82, 2.24) is 15.1 Å². The minimum atomic E-state index is -0.312. The molecule has 142 valence electrons. The van der Waals surface area contributed by atoms with Gasteiger partial charge in [0.1, 0.15) is 5.82 Å². The summed E-state index contributed by atoms with van der Waals surface area (Å²) in [7, 11) is 0. The molecule has 3 atom stereocenters. The highest BCUT2D eigenvalue weighted by Gasteiger charge is 2.41. The van der Waals surface area contributed by atoms with Crippen molar-refractivity contribution in [3.8, 4) is 11.3 Å². The quantitative estimate of drug-likeness (QED) is 0.736. The Labute approximate surface area is 164 Å². The average Bonchev–Trinajstić information content (AvgIpc) is 3.28. The second-order valence-electron chi connectivity index (χ2n) is 8.76. The van der Waals surface area contributed by atoms with Crippen LogP contribution in [0.3, 0.4) is 0 Å². The van der Waals surface area contributed by atoms with Crippen molar-refractivity contribution < 1.29 is 4.39 Å². The van der Waals surface area contributed by atoms with Gasteiger partial charge in [-0.2, -0.15) is 10.2 Å². The van der Waals surface area contributed by atoms with Crippen LogP contribution in [0, 0.1) is 29.5 Å². The van der Waals surface area contributed by atoms with Crippen LogP contribution in [0.4, 0.5) is 4.39 Å². The largest absolute Gasteiger partial charge is 0.302 e. The van der Waals surface area contributed by atoms with Gasteiger partial charge < -0.3 is 4.90 Å². The molecule has 2 heterocycles. The lowest BCUT2D eigenvalue weighted by atomic mass is 9.99. The van der Waals surface area contributed by atoms with E-state index in [1.807, 2.05) is 12.1 Å². The van der Waals surface area contributed by atoms with Crippen LogP contribution in [-0.4, -0.2) is 34.7 Å². The van der Waals surface area contributed by atoms with Gasteiger partial charge in [0.2, 0.25) is 0 Å². The molecule has 5 heteroatoms. The summed E-state index contributed by atoms with van der Waals surface area (Å²) in [6.45, 7) is 3.95. The van der Waals surface area contributed by atoms with Crippen molar-refractivity contribution in [2.45, 2.75) is 32.1 Å². The van der Waals surface area contributed by atoms with Crippen LogP contribution < -0.4 is 0 Å². The Morgan fingerprint density at radius 2 is 1.78 bits per heavy atom. The van der Waals surface area contributed by atoms with E-state index in [0.29, 0.717) is 16.3 Å². The summed E-state index contributed by atoms with van der Waals surface area (Å²) in [6, 6.07) is 8.27. The van der Waals surface area contributed by atoms with E-state index in [2.05, 4.69) is 15.1 Å². The van der Waals surface area contributed by atoms with Crippen LogP contribution in [0.1, 0.15) is 31.4 Å². The lowest BCUT2D eigenvalue weighted by Crippen LogP contribution is -2.25. The predicted octanol–water partition coefficient (Wildman–Crippen LogP) is 4.85. The molecule has 3 aliphatic rings. The first-order valence-corrected chi connectivity index (χ1v) is 10.5. The Hall–Kier alpha value is -1.52. The molecule has 3 nitrogen and oxygen atoms in total. The van der Waals surface area contributed by atoms with Crippen LogP contribution in [0.25, 0.3) is 11.3 Å². The molecule has 2 aromatic rings. The Morgan fingerprint density at radius 1 is 1.00 bits per heavy atom. The fourth-order valence-electron chi connectivity index (χ4n) is 5.11. The zero-order chi connectivity index (χ0) is 18.4. The average molecular weight is 386 g/mol. The molecule has 1 aliphatic heterocycles. The minimum absolute atomic E-state index is 0.312. The highest BCUT2D eigenvalue weighted by molar-refractivity contribution is 6.33. The number of rotatable bonds is 5. The van der Waals surface area contributed by atoms with Gasteiger partial charge in [-0.3, -0.25) is 0 Å². The van der Waals surface area contributed by atoms with E-state index in [1.165, 1.54) is 57.5 Å². The maximum Gasteiger partial charge on any atom is 0.123 e. The number of hydrogen-bond acceptors (Lipinski definition) is 3. The molecule has 1 aromatic carbocycles. The molecule has 0 bridgehead atoms. The van der Waals surface area contributed by atoms with Gasteiger partial charge in [0, 0.05) is 25.2 Å². The van der Waals surface area contributed by atoms with Crippen molar-refractivity contribution in [3.05, 3.63) is 46.9 Å². The Morgan fingerprint density at radius 3 is 2.44 bits per heavy atom. The summed E-state index contributed by atoms with van der Waals surface area (Å²) < 4.78 is 13.5. The molecule has 2 aliphatic carbocycles. The number of fused-ring (bicyclic) bond motifs is 1. The summed E-state index contributed by atoms with van der Waals surface area (Å²) >= 11 is 6.17. The molecule has 0 amide bonds. The van der Waals surface area contributed by atoms with Gasteiger partial charge >= 0.3 is 0 Å². The van der Waals surface area contributed by atoms with Crippen LogP contribution in [0.15, 0.2) is 30.3 Å². The number of nitrogens with zero attached hydrogens (tertiary/aromatic N) is 3. The zero-order valence-corrected chi connectivity index (χ0v) is 16.2. The monoisotopic (exact) mass is 385 g/mol. The second kappa shape index (κ2) is 7.14. The summed E-state index contributed by atoms with van der Waals surface area (Å²) in [5.41, 5.74) is 2.26. The van der Waals surface area contributed by atoms with Crippen molar-refractivity contribution in [2.75, 3.05) is 19.6 Å². The molecule has 27 heavy (non-hydrogen) atoms. The van der Waals surface area contributed by atoms with E-state index >= 15 is 0 Å². The van der Waals surface area contributed by atoms with Crippen LogP contribution in [-0.2, 0) is 6.42 Å². The van der Waals surface area contributed by atoms with Gasteiger partial charge in [-0.15, -0.1) is 0 Å². The number of halogens is 2. The van der Waals surface area contributed by atoms with E-state index in [1.54, 1.807) is 6.07 Å². The normalized spacial score (nSPS) is 27.9. The maximum atomic E-state index is 13.5. The number of aromatic nitrogens is 2. The third-order valence-corrected chi connectivity index (χ3v) is 6.89. The van der Waals surface area contributed by atoms with Crippen LogP contribution >= 0.6 is 11.6 Å². The second-order valence-corrected chi connectivity index (χ2v) is 9.16. The van der Waals surface area contributed by atoms with Crippen molar-refractivity contribution in [3.63, 3.8) is 0 Å². The number of hydrogen-bond donors (Lipinski definition) is 0. The number of benzene rings is 1. The summed E-state index contributed by atoms with van der Waals surface area (Å²) in [5, 5.41) is 9.21. The topological polar surface area (TPSA) is 29.0 Å². The fraction of sp³-hybridized carbons (Fsp3) is 0.545. The molecule has 1 saturated heterocycles. The van der Waals surface area contributed by atoms with E-state index in [9.17, 15) is 4.39 Å². The first kappa shape index (κ1) is 17.6. The summed E-state index contributed by atoms with van der Waals surface area (Å²) in [5.74, 6) is 3.17. The number of likely N-dealkylation sites (tertiary alicyclic amines) is 1. The standard InChI is InChI=1S/C22H25ClFN3/c23-21-5-3-18(24)10-20(21)22-6-4-19(25-26-22)9-15-7-16-12-27(11-14-1-2-14)13-17(16)8-15/h3-6,10,14-17H,1-2,7-9,11-13H2/t15?,16-,17+. The van der Waals surface area contributed by atoms with E-state index < -0.39 is 0 Å².